The summed E-state index contributed by atoms with van der Waals surface area (Å²) in [6, 6.07) is 2.50. The zero-order chi connectivity index (χ0) is 14.5. The van der Waals surface area contributed by atoms with Crippen molar-refractivity contribution in [2.24, 2.45) is 0 Å². The quantitative estimate of drug-likeness (QED) is 0.875. The fourth-order valence-electron chi connectivity index (χ4n) is 4.13. The van der Waals surface area contributed by atoms with E-state index in [4.69, 9.17) is 9.15 Å². The molecular weight excluding hydrogens is 264 g/mol. The smallest absolute Gasteiger partial charge is 0.0951 e. The molecule has 0 radical (unpaired) electrons. The number of ether oxygens (including phenoxy) is 1. The van der Waals surface area contributed by atoms with Gasteiger partial charge in [0.2, 0.25) is 0 Å². The normalized spacial score (nSPS) is 24.2. The highest BCUT2D eigenvalue weighted by Crippen LogP contribution is 2.45. The molecular formula is C17H28N2O2. The van der Waals surface area contributed by atoms with E-state index in [2.05, 4.69) is 23.2 Å². The molecule has 0 spiro atoms. The van der Waals surface area contributed by atoms with Gasteiger partial charge >= 0.3 is 0 Å². The Hall–Kier alpha value is -0.840. The molecule has 1 unspecified atom stereocenters. The van der Waals surface area contributed by atoms with E-state index in [1.807, 2.05) is 6.26 Å². The van der Waals surface area contributed by atoms with Crippen molar-refractivity contribution in [2.75, 3.05) is 32.8 Å². The van der Waals surface area contributed by atoms with Crippen LogP contribution in [-0.4, -0.2) is 43.3 Å². The lowest BCUT2D eigenvalue weighted by Crippen LogP contribution is -2.58. The van der Waals surface area contributed by atoms with Crippen LogP contribution in [0.5, 0.6) is 0 Å². The van der Waals surface area contributed by atoms with E-state index in [1.54, 1.807) is 6.26 Å². The zero-order valence-electron chi connectivity index (χ0n) is 13.1. The van der Waals surface area contributed by atoms with Crippen LogP contribution in [0.3, 0.4) is 0 Å². The Balaban J connectivity index is 1.87. The summed E-state index contributed by atoms with van der Waals surface area (Å²) in [5.41, 5.74) is 1.54. The summed E-state index contributed by atoms with van der Waals surface area (Å²) in [5, 5.41) is 3.81. The van der Waals surface area contributed by atoms with Crippen molar-refractivity contribution in [3.8, 4) is 0 Å². The standard InChI is InChI=1S/C17H28N2O2/c1-2-8-18-16(15-5-11-21-14-15)17(6-3-4-7-17)19-9-12-20-13-10-19/h5,11,14,16,18H,2-4,6-10,12-13H2,1H3. The third-order valence-electron chi connectivity index (χ3n) is 5.12. The molecule has 1 N–H and O–H groups in total. The van der Waals surface area contributed by atoms with Crippen molar-refractivity contribution in [3.05, 3.63) is 24.2 Å². The van der Waals surface area contributed by atoms with Gasteiger partial charge in [-0.05, 0) is 31.9 Å². The van der Waals surface area contributed by atoms with E-state index in [1.165, 1.54) is 31.2 Å². The molecule has 0 amide bonds. The van der Waals surface area contributed by atoms with Crippen LogP contribution in [0, 0.1) is 0 Å². The first-order chi connectivity index (χ1) is 10.4. The molecule has 21 heavy (non-hydrogen) atoms. The summed E-state index contributed by atoms with van der Waals surface area (Å²) < 4.78 is 11.0. The maximum atomic E-state index is 5.58. The summed E-state index contributed by atoms with van der Waals surface area (Å²) in [4.78, 5) is 2.68. The Kier molecular flexibility index (Phi) is 4.99. The van der Waals surface area contributed by atoms with Gasteiger partial charge in [0.25, 0.3) is 0 Å². The summed E-state index contributed by atoms with van der Waals surface area (Å²) >= 11 is 0. The summed E-state index contributed by atoms with van der Waals surface area (Å²) in [6.07, 6.45) is 10.1. The van der Waals surface area contributed by atoms with Crippen LogP contribution in [0.25, 0.3) is 0 Å². The SMILES string of the molecule is CCCNC(c1ccoc1)C1(N2CCOCC2)CCCC1. The highest BCUT2D eigenvalue weighted by atomic mass is 16.5. The van der Waals surface area contributed by atoms with Crippen LogP contribution in [0.4, 0.5) is 0 Å². The number of nitrogens with zero attached hydrogens (tertiary/aromatic N) is 1. The predicted molar refractivity (Wildman–Crippen MR) is 83.3 cm³/mol. The number of hydrogen-bond donors (Lipinski definition) is 1. The van der Waals surface area contributed by atoms with Gasteiger partial charge in [-0.3, -0.25) is 4.90 Å². The first-order valence-electron chi connectivity index (χ1n) is 8.45. The minimum Gasteiger partial charge on any atom is -0.472 e. The molecule has 3 rings (SSSR count). The molecule has 2 fully saturated rings. The van der Waals surface area contributed by atoms with Gasteiger partial charge in [0.1, 0.15) is 0 Å². The molecule has 2 aliphatic rings. The summed E-state index contributed by atoms with van der Waals surface area (Å²) in [5.74, 6) is 0. The van der Waals surface area contributed by atoms with Crippen molar-refractivity contribution in [3.63, 3.8) is 0 Å². The molecule has 1 saturated heterocycles. The second-order valence-corrected chi connectivity index (χ2v) is 6.35. The molecule has 1 atom stereocenters. The highest BCUT2D eigenvalue weighted by molar-refractivity contribution is 5.20. The molecule has 4 nitrogen and oxygen atoms in total. The van der Waals surface area contributed by atoms with Crippen molar-refractivity contribution in [1.29, 1.82) is 0 Å². The monoisotopic (exact) mass is 292 g/mol. The molecule has 1 aliphatic carbocycles. The molecule has 118 valence electrons. The van der Waals surface area contributed by atoms with Gasteiger partial charge in [-0.2, -0.15) is 0 Å². The average Bonchev–Trinajstić information content (AvgIpc) is 3.21. The number of furan rings is 1. The van der Waals surface area contributed by atoms with E-state index < -0.39 is 0 Å². The minimum atomic E-state index is 0.239. The molecule has 0 aromatic carbocycles. The summed E-state index contributed by atoms with van der Waals surface area (Å²) in [6.45, 7) is 7.14. The maximum Gasteiger partial charge on any atom is 0.0951 e. The topological polar surface area (TPSA) is 37.6 Å². The van der Waals surface area contributed by atoms with Crippen molar-refractivity contribution in [1.82, 2.24) is 10.2 Å². The van der Waals surface area contributed by atoms with Gasteiger partial charge < -0.3 is 14.5 Å². The van der Waals surface area contributed by atoms with Crippen molar-refractivity contribution >= 4 is 0 Å². The van der Waals surface area contributed by atoms with Gasteiger partial charge in [-0.25, -0.2) is 0 Å². The highest BCUT2D eigenvalue weighted by Gasteiger charge is 2.46. The van der Waals surface area contributed by atoms with Crippen LogP contribution in [0.15, 0.2) is 23.0 Å². The van der Waals surface area contributed by atoms with Gasteiger partial charge in [-0.15, -0.1) is 0 Å². The largest absolute Gasteiger partial charge is 0.472 e. The molecule has 1 aromatic rings. The van der Waals surface area contributed by atoms with Crippen LogP contribution < -0.4 is 5.32 Å². The minimum absolute atomic E-state index is 0.239. The third kappa shape index (κ3) is 3.03. The van der Waals surface area contributed by atoms with Crippen molar-refractivity contribution < 1.29 is 9.15 Å². The Morgan fingerprint density at radius 1 is 1.29 bits per heavy atom. The Bertz CT molecular complexity index is 406. The average molecular weight is 292 g/mol. The number of nitrogens with one attached hydrogen (secondary N) is 1. The first kappa shape index (κ1) is 15.1. The van der Waals surface area contributed by atoms with E-state index in [-0.39, 0.29) is 5.54 Å². The summed E-state index contributed by atoms with van der Waals surface area (Å²) in [7, 11) is 0. The molecule has 2 heterocycles. The van der Waals surface area contributed by atoms with E-state index >= 15 is 0 Å². The van der Waals surface area contributed by atoms with Crippen LogP contribution in [-0.2, 0) is 4.74 Å². The Morgan fingerprint density at radius 2 is 2.05 bits per heavy atom. The van der Waals surface area contributed by atoms with Gasteiger partial charge in [0.05, 0.1) is 31.8 Å². The lowest BCUT2D eigenvalue weighted by Gasteiger charge is -2.48. The fraction of sp³-hybridized carbons (Fsp3) is 0.765. The van der Waals surface area contributed by atoms with Crippen LogP contribution >= 0.6 is 0 Å². The van der Waals surface area contributed by atoms with E-state index in [0.717, 1.165) is 39.3 Å². The lowest BCUT2D eigenvalue weighted by atomic mass is 9.82. The Morgan fingerprint density at radius 3 is 2.67 bits per heavy atom. The fourth-order valence-corrected chi connectivity index (χ4v) is 4.13. The van der Waals surface area contributed by atoms with E-state index in [9.17, 15) is 0 Å². The second kappa shape index (κ2) is 6.95. The Labute approximate surface area is 127 Å². The third-order valence-corrected chi connectivity index (χ3v) is 5.12. The van der Waals surface area contributed by atoms with Crippen LogP contribution in [0.2, 0.25) is 0 Å². The van der Waals surface area contributed by atoms with Gasteiger partial charge in [-0.1, -0.05) is 19.8 Å². The van der Waals surface area contributed by atoms with Crippen LogP contribution in [0.1, 0.15) is 50.6 Å². The lowest BCUT2D eigenvalue weighted by molar-refractivity contribution is -0.0364. The molecule has 1 aliphatic heterocycles. The van der Waals surface area contributed by atoms with E-state index in [0.29, 0.717) is 6.04 Å². The molecule has 4 heteroatoms. The van der Waals surface area contributed by atoms with Crippen molar-refractivity contribution in [2.45, 2.75) is 50.6 Å². The number of hydrogen-bond acceptors (Lipinski definition) is 4. The second-order valence-electron chi connectivity index (χ2n) is 6.35. The number of morpholine rings is 1. The predicted octanol–water partition coefficient (Wildman–Crippen LogP) is 2.97. The first-order valence-corrected chi connectivity index (χ1v) is 8.45. The maximum absolute atomic E-state index is 5.58. The molecule has 1 saturated carbocycles. The van der Waals surface area contributed by atoms with Gasteiger partial charge in [0, 0.05) is 24.2 Å². The van der Waals surface area contributed by atoms with Gasteiger partial charge in [0.15, 0.2) is 0 Å². The molecule has 1 aromatic heterocycles. The zero-order valence-corrected chi connectivity index (χ0v) is 13.1. The molecule has 0 bridgehead atoms. The number of rotatable bonds is 6.